The van der Waals surface area contributed by atoms with Crippen molar-refractivity contribution in [2.24, 2.45) is 7.05 Å². The van der Waals surface area contributed by atoms with Gasteiger partial charge in [0.25, 0.3) is 0 Å². The van der Waals surface area contributed by atoms with Crippen molar-refractivity contribution in [3.05, 3.63) is 30.6 Å². The summed E-state index contributed by atoms with van der Waals surface area (Å²) in [4.78, 5) is 11.7. The fourth-order valence-electron chi connectivity index (χ4n) is 1.87. The Morgan fingerprint density at radius 2 is 2.35 bits per heavy atom. The number of nitrogens with one attached hydrogen (secondary N) is 2. The SMILES string of the molecule is CC(NC(=O)NCCCn1cccn1)c1nncn1C. The fourth-order valence-corrected chi connectivity index (χ4v) is 1.87. The Morgan fingerprint density at radius 3 is 3.00 bits per heavy atom. The van der Waals surface area contributed by atoms with Crippen LogP contribution in [-0.2, 0) is 13.6 Å². The van der Waals surface area contributed by atoms with Crippen molar-refractivity contribution in [2.45, 2.75) is 25.9 Å². The minimum Gasteiger partial charge on any atom is -0.338 e. The summed E-state index contributed by atoms with van der Waals surface area (Å²) in [6.45, 7) is 3.25. The number of rotatable bonds is 6. The fraction of sp³-hybridized carbons (Fsp3) is 0.500. The second-order valence-corrected chi connectivity index (χ2v) is 4.54. The molecular weight excluding hydrogens is 258 g/mol. The van der Waals surface area contributed by atoms with E-state index in [9.17, 15) is 4.79 Å². The molecule has 0 saturated heterocycles. The first-order chi connectivity index (χ1) is 9.66. The predicted octanol–water partition coefficient (Wildman–Crippen LogP) is 0.462. The molecule has 2 rings (SSSR count). The van der Waals surface area contributed by atoms with Gasteiger partial charge in [0.1, 0.15) is 6.33 Å². The Balaban J connectivity index is 1.66. The molecule has 0 fully saturated rings. The van der Waals surface area contributed by atoms with E-state index in [0.717, 1.165) is 18.8 Å². The Bertz CT molecular complexity index is 534. The third kappa shape index (κ3) is 3.81. The van der Waals surface area contributed by atoms with Crippen LogP contribution in [0, 0.1) is 0 Å². The molecule has 2 heterocycles. The molecular formula is C12H19N7O. The van der Waals surface area contributed by atoms with Gasteiger partial charge < -0.3 is 15.2 Å². The average Bonchev–Trinajstić information content (AvgIpc) is 3.05. The van der Waals surface area contributed by atoms with Gasteiger partial charge in [0.05, 0.1) is 6.04 Å². The monoisotopic (exact) mass is 277 g/mol. The maximum atomic E-state index is 11.7. The van der Waals surface area contributed by atoms with Gasteiger partial charge in [-0.1, -0.05) is 0 Å². The van der Waals surface area contributed by atoms with Crippen molar-refractivity contribution in [1.82, 2.24) is 35.2 Å². The van der Waals surface area contributed by atoms with Gasteiger partial charge in [0, 0.05) is 32.5 Å². The highest BCUT2D eigenvalue weighted by atomic mass is 16.2. The molecule has 0 aliphatic heterocycles. The number of hydrogen-bond donors (Lipinski definition) is 2. The van der Waals surface area contributed by atoms with Crippen LogP contribution in [0.25, 0.3) is 0 Å². The van der Waals surface area contributed by atoms with Gasteiger partial charge >= 0.3 is 6.03 Å². The topological polar surface area (TPSA) is 89.7 Å². The van der Waals surface area contributed by atoms with E-state index >= 15 is 0 Å². The summed E-state index contributed by atoms with van der Waals surface area (Å²) in [6.07, 6.45) is 6.07. The quantitative estimate of drug-likeness (QED) is 0.751. The van der Waals surface area contributed by atoms with Crippen LogP contribution in [0.5, 0.6) is 0 Å². The highest BCUT2D eigenvalue weighted by Gasteiger charge is 2.13. The molecule has 8 heteroatoms. The number of carbonyl (C=O) groups excluding carboxylic acids is 1. The number of amides is 2. The van der Waals surface area contributed by atoms with Gasteiger partial charge in [-0.3, -0.25) is 4.68 Å². The second-order valence-electron chi connectivity index (χ2n) is 4.54. The van der Waals surface area contributed by atoms with Crippen LogP contribution >= 0.6 is 0 Å². The van der Waals surface area contributed by atoms with Crippen LogP contribution in [0.4, 0.5) is 4.79 Å². The van der Waals surface area contributed by atoms with E-state index < -0.39 is 0 Å². The van der Waals surface area contributed by atoms with Gasteiger partial charge in [-0.25, -0.2) is 4.79 Å². The first-order valence-electron chi connectivity index (χ1n) is 6.52. The molecule has 0 bridgehead atoms. The van der Waals surface area contributed by atoms with E-state index in [2.05, 4.69) is 25.9 Å². The lowest BCUT2D eigenvalue weighted by atomic mass is 10.3. The van der Waals surface area contributed by atoms with Crippen molar-refractivity contribution in [3.63, 3.8) is 0 Å². The Kier molecular flexibility index (Phi) is 4.70. The van der Waals surface area contributed by atoms with Crippen LogP contribution in [0.2, 0.25) is 0 Å². The van der Waals surface area contributed by atoms with Crippen LogP contribution in [-0.4, -0.2) is 37.1 Å². The molecule has 0 aromatic carbocycles. The van der Waals surface area contributed by atoms with E-state index in [1.54, 1.807) is 17.1 Å². The molecule has 20 heavy (non-hydrogen) atoms. The summed E-state index contributed by atoms with van der Waals surface area (Å²) in [5.74, 6) is 0.719. The predicted molar refractivity (Wildman–Crippen MR) is 72.8 cm³/mol. The van der Waals surface area contributed by atoms with Crippen molar-refractivity contribution in [3.8, 4) is 0 Å². The molecule has 8 nitrogen and oxygen atoms in total. The molecule has 108 valence electrons. The summed E-state index contributed by atoms with van der Waals surface area (Å²) in [7, 11) is 1.84. The van der Waals surface area contributed by atoms with Gasteiger partial charge in [0.15, 0.2) is 5.82 Å². The van der Waals surface area contributed by atoms with Crippen molar-refractivity contribution >= 4 is 6.03 Å². The minimum atomic E-state index is -0.207. The molecule has 0 saturated carbocycles. The standard InChI is InChI=1S/C12H19N7O/c1-10(11-17-14-9-18(11)2)16-12(20)13-5-3-7-19-8-4-6-15-19/h4,6,8-10H,3,5,7H2,1-2H3,(H2,13,16,20). The number of nitrogens with zero attached hydrogens (tertiary/aromatic N) is 5. The van der Waals surface area contributed by atoms with Crippen molar-refractivity contribution in [1.29, 1.82) is 0 Å². The van der Waals surface area contributed by atoms with Gasteiger partial charge in [-0.2, -0.15) is 5.10 Å². The largest absolute Gasteiger partial charge is 0.338 e. The zero-order valence-corrected chi connectivity index (χ0v) is 11.7. The molecule has 2 amide bonds. The molecule has 2 aromatic heterocycles. The average molecular weight is 277 g/mol. The van der Waals surface area contributed by atoms with E-state index in [1.807, 2.05) is 30.9 Å². The van der Waals surface area contributed by atoms with Crippen LogP contribution in [0.1, 0.15) is 25.2 Å². The lowest BCUT2D eigenvalue weighted by molar-refractivity contribution is 0.237. The zero-order valence-electron chi connectivity index (χ0n) is 11.7. The third-order valence-electron chi connectivity index (χ3n) is 2.89. The lowest BCUT2D eigenvalue weighted by Crippen LogP contribution is -2.38. The van der Waals surface area contributed by atoms with Crippen LogP contribution < -0.4 is 10.6 Å². The van der Waals surface area contributed by atoms with Gasteiger partial charge in [-0.15, -0.1) is 10.2 Å². The first kappa shape index (κ1) is 14.0. The Hall–Kier alpha value is -2.38. The molecule has 2 aromatic rings. The summed E-state index contributed by atoms with van der Waals surface area (Å²) >= 11 is 0. The number of hydrogen-bond acceptors (Lipinski definition) is 4. The number of aryl methyl sites for hydroxylation is 2. The number of carbonyl (C=O) groups is 1. The smallest absolute Gasteiger partial charge is 0.315 e. The summed E-state index contributed by atoms with van der Waals surface area (Å²) in [5, 5.41) is 17.5. The summed E-state index contributed by atoms with van der Waals surface area (Å²) in [5.41, 5.74) is 0. The van der Waals surface area contributed by atoms with Gasteiger partial charge in [-0.05, 0) is 19.4 Å². The number of aromatic nitrogens is 5. The van der Waals surface area contributed by atoms with E-state index in [-0.39, 0.29) is 12.1 Å². The first-order valence-corrected chi connectivity index (χ1v) is 6.52. The molecule has 0 aliphatic carbocycles. The van der Waals surface area contributed by atoms with Crippen molar-refractivity contribution in [2.75, 3.05) is 6.54 Å². The van der Waals surface area contributed by atoms with E-state index in [1.165, 1.54) is 0 Å². The van der Waals surface area contributed by atoms with Crippen LogP contribution in [0.15, 0.2) is 24.8 Å². The molecule has 0 spiro atoms. The Labute approximate surface area is 117 Å². The third-order valence-corrected chi connectivity index (χ3v) is 2.89. The normalized spacial score (nSPS) is 12.1. The van der Waals surface area contributed by atoms with Crippen molar-refractivity contribution < 1.29 is 4.79 Å². The molecule has 0 aliphatic rings. The highest BCUT2D eigenvalue weighted by molar-refractivity contribution is 5.74. The van der Waals surface area contributed by atoms with E-state index in [0.29, 0.717) is 6.54 Å². The van der Waals surface area contributed by atoms with Crippen LogP contribution in [0.3, 0.4) is 0 Å². The maximum absolute atomic E-state index is 11.7. The molecule has 2 N–H and O–H groups in total. The molecule has 1 unspecified atom stereocenters. The minimum absolute atomic E-state index is 0.186. The Morgan fingerprint density at radius 1 is 1.50 bits per heavy atom. The maximum Gasteiger partial charge on any atom is 0.315 e. The number of urea groups is 1. The van der Waals surface area contributed by atoms with Gasteiger partial charge in [0.2, 0.25) is 0 Å². The highest BCUT2D eigenvalue weighted by Crippen LogP contribution is 2.06. The summed E-state index contributed by atoms with van der Waals surface area (Å²) < 4.78 is 3.62. The van der Waals surface area contributed by atoms with E-state index in [4.69, 9.17) is 0 Å². The zero-order chi connectivity index (χ0) is 14.4. The summed E-state index contributed by atoms with van der Waals surface area (Å²) in [6, 6.07) is 1.48. The lowest BCUT2D eigenvalue weighted by Gasteiger charge is -2.13. The second kappa shape index (κ2) is 6.69. The molecule has 0 radical (unpaired) electrons. The molecule has 1 atom stereocenters.